The monoisotopic (exact) mass is 353 g/mol. The van der Waals surface area contributed by atoms with Crippen molar-refractivity contribution in [2.24, 2.45) is 0 Å². The Morgan fingerprint density at radius 2 is 1.85 bits per heavy atom. The van der Waals surface area contributed by atoms with Crippen LogP contribution in [0.5, 0.6) is 0 Å². The van der Waals surface area contributed by atoms with Crippen LogP contribution >= 0.6 is 0 Å². The number of nitrogens with one attached hydrogen (secondary N) is 2. The van der Waals surface area contributed by atoms with Crippen molar-refractivity contribution < 1.29 is 9.72 Å². The van der Waals surface area contributed by atoms with Gasteiger partial charge in [0.1, 0.15) is 0 Å². The summed E-state index contributed by atoms with van der Waals surface area (Å²) in [6.45, 7) is 0.481. The van der Waals surface area contributed by atoms with Gasteiger partial charge in [0.15, 0.2) is 0 Å². The van der Waals surface area contributed by atoms with Crippen molar-refractivity contribution in [3.8, 4) is 0 Å². The number of hydrogen-bond donors (Lipinski definition) is 2. The van der Waals surface area contributed by atoms with Gasteiger partial charge in [-0.25, -0.2) is 0 Å². The van der Waals surface area contributed by atoms with E-state index in [0.717, 1.165) is 18.4 Å². The first-order chi connectivity index (χ1) is 12.6. The summed E-state index contributed by atoms with van der Waals surface area (Å²) in [6.07, 6.45) is 5.18. The summed E-state index contributed by atoms with van der Waals surface area (Å²) in [5, 5.41) is 17.3. The molecule has 1 fully saturated rings. The Kier molecular flexibility index (Phi) is 5.84. The first-order valence-electron chi connectivity index (χ1n) is 9.00. The Labute approximate surface area is 152 Å². The van der Waals surface area contributed by atoms with E-state index >= 15 is 0 Å². The van der Waals surface area contributed by atoms with E-state index in [1.54, 1.807) is 6.07 Å². The molecule has 1 amide bonds. The van der Waals surface area contributed by atoms with Crippen molar-refractivity contribution in [2.75, 3.05) is 11.9 Å². The highest BCUT2D eigenvalue weighted by molar-refractivity contribution is 6.00. The van der Waals surface area contributed by atoms with E-state index in [-0.39, 0.29) is 11.6 Å². The molecule has 6 nitrogen and oxygen atoms in total. The summed E-state index contributed by atoms with van der Waals surface area (Å²) in [7, 11) is 0. The van der Waals surface area contributed by atoms with Crippen molar-refractivity contribution in [2.45, 2.75) is 38.1 Å². The van der Waals surface area contributed by atoms with Crippen LogP contribution in [0.4, 0.5) is 11.4 Å². The zero-order valence-corrected chi connectivity index (χ0v) is 14.6. The molecule has 0 heterocycles. The van der Waals surface area contributed by atoms with Crippen LogP contribution in [-0.4, -0.2) is 23.4 Å². The molecule has 0 unspecified atom stereocenters. The van der Waals surface area contributed by atoms with Crippen LogP contribution in [0, 0.1) is 10.1 Å². The Morgan fingerprint density at radius 1 is 1.12 bits per heavy atom. The summed E-state index contributed by atoms with van der Waals surface area (Å²) in [6, 6.07) is 14.6. The molecule has 1 aliphatic carbocycles. The van der Waals surface area contributed by atoms with Crippen LogP contribution in [0.15, 0.2) is 48.5 Å². The van der Waals surface area contributed by atoms with Gasteiger partial charge in [0.2, 0.25) is 0 Å². The number of benzene rings is 2. The second-order valence-electron chi connectivity index (χ2n) is 6.60. The maximum atomic E-state index is 12.6. The normalized spacial score (nSPS) is 14.2. The van der Waals surface area contributed by atoms with Crippen molar-refractivity contribution in [1.82, 2.24) is 5.32 Å². The number of nitro groups is 1. The van der Waals surface area contributed by atoms with Gasteiger partial charge < -0.3 is 10.6 Å². The summed E-state index contributed by atoms with van der Waals surface area (Å²) < 4.78 is 0. The molecule has 2 aromatic rings. The quantitative estimate of drug-likeness (QED) is 0.584. The van der Waals surface area contributed by atoms with Crippen LogP contribution in [0.1, 0.15) is 41.6 Å². The van der Waals surface area contributed by atoms with Gasteiger partial charge in [-0.2, -0.15) is 0 Å². The third-order valence-corrected chi connectivity index (χ3v) is 4.72. The number of nitrogens with zero attached hydrogens (tertiary/aromatic N) is 1. The Bertz CT molecular complexity index is 771. The number of carbonyl (C=O) groups excluding carboxylic acids is 1. The van der Waals surface area contributed by atoms with Gasteiger partial charge in [-0.1, -0.05) is 43.2 Å². The average molecular weight is 353 g/mol. The number of amides is 1. The minimum Gasteiger partial charge on any atom is -0.382 e. The van der Waals surface area contributed by atoms with Crippen LogP contribution in [0.2, 0.25) is 0 Å². The number of non-ortho nitro benzene ring substituents is 1. The number of carbonyl (C=O) groups is 1. The van der Waals surface area contributed by atoms with Crippen molar-refractivity contribution in [3.05, 3.63) is 69.8 Å². The summed E-state index contributed by atoms with van der Waals surface area (Å²) in [4.78, 5) is 23.2. The van der Waals surface area contributed by atoms with E-state index in [1.807, 2.05) is 30.3 Å². The molecular formula is C20H23N3O3. The largest absolute Gasteiger partial charge is 0.382 e. The van der Waals surface area contributed by atoms with Crippen LogP contribution in [0.3, 0.4) is 0 Å². The SMILES string of the molecule is O=C(NCCc1ccccc1)c1cc([N+](=O)[O-])ccc1NC1CCCC1. The van der Waals surface area contributed by atoms with Crippen LogP contribution < -0.4 is 10.6 Å². The second kappa shape index (κ2) is 8.47. The topological polar surface area (TPSA) is 84.3 Å². The Hall–Kier alpha value is -2.89. The third kappa shape index (κ3) is 4.59. The van der Waals surface area contributed by atoms with Crippen LogP contribution in [0.25, 0.3) is 0 Å². The van der Waals surface area contributed by atoms with Gasteiger partial charge in [0, 0.05) is 30.4 Å². The Morgan fingerprint density at radius 3 is 2.54 bits per heavy atom. The van der Waals surface area contributed by atoms with Gasteiger partial charge in [0.05, 0.1) is 10.5 Å². The highest BCUT2D eigenvalue weighted by Crippen LogP contribution is 2.27. The second-order valence-corrected chi connectivity index (χ2v) is 6.60. The fourth-order valence-electron chi connectivity index (χ4n) is 3.31. The fourth-order valence-corrected chi connectivity index (χ4v) is 3.31. The van der Waals surface area contributed by atoms with E-state index in [4.69, 9.17) is 0 Å². The molecule has 26 heavy (non-hydrogen) atoms. The van der Waals surface area contributed by atoms with Crippen molar-refractivity contribution in [3.63, 3.8) is 0 Å². The predicted octanol–water partition coefficient (Wildman–Crippen LogP) is 3.92. The van der Waals surface area contributed by atoms with Gasteiger partial charge >= 0.3 is 0 Å². The lowest BCUT2D eigenvalue weighted by Crippen LogP contribution is -2.27. The highest BCUT2D eigenvalue weighted by atomic mass is 16.6. The van der Waals surface area contributed by atoms with Gasteiger partial charge in [-0.15, -0.1) is 0 Å². The summed E-state index contributed by atoms with van der Waals surface area (Å²) in [5.74, 6) is -0.287. The number of anilines is 1. The predicted molar refractivity (Wildman–Crippen MR) is 101 cm³/mol. The number of nitro benzene ring substituents is 1. The molecule has 136 valence electrons. The number of hydrogen-bond acceptors (Lipinski definition) is 4. The lowest BCUT2D eigenvalue weighted by atomic mass is 10.1. The molecular weight excluding hydrogens is 330 g/mol. The first-order valence-corrected chi connectivity index (χ1v) is 9.00. The summed E-state index contributed by atoms with van der Waals surface area (Å²) >= 11 is 0. The first kappa shape index (κ1) is 17.9. The van der Waals surface area contributed by atoms with Gasteiger partial charge in [0.25, 0.3) is 11.6 Å². The standard InChI is InChI=1S/C20H23N3O3/c24-20(21-13-12-15-6-2-1-3-7-15)18-14-17(23(25)26)10-11-19(18)22-16-8-4-5-9-16/h1-3,6-7,10-11,14,16,22H,4-5,8-9,12-13H2,(H,21,24). The smallest absolute Gasteiger partial charge is 0.270 e. The average Bonchev–Trinajstić information content (AvgIpc) is 3.15. The third-order valence-electron chi connectivity index (χ3n) is 4.72. The molecule has 0 saturated heterocycles. The minimum absolute atomic E-state index is 0.0739. The van der Waals surface area contributed by atoms with Crippen molar-refractivity contribution >= 4 is 17.3 Å². The molecule has 0 spiro atoms. The molecule has 0 aromatic heterocycles. The maximum absolute atomic E-state index is 12.6. The lowest BCUT2D eigenvalue weighted by Gasteiger charge is -2.17. The molecule has 2 aromatic carbocycles. The molecule has 0 aliphatic heterocycles. The molecule has 6 heteroatoms. The highest BCUT2D eigenvalue weighted by Gasteiger charge is 2.20. The number of rotatable bonds is 7. The van der Waals surface area contributed by atoms with Gasteiger partial charge in [-0.05, 0) is 30.9 Å². The van der Waals surface area contributed by atoms with Gasteiger partial charge in [-0.3, -0.25) is 14.9 Å². The Balaban J connectivity index is 1.70. The molecule has 0 bridgehead atoms. The lowest BCUT2D eigenvalue weighted by molar-refractivity contribution is -0.384. The molecule has 2 N–H and O–H groups in total. The fraction of sp³-hybridized carbons (Fsp3) is 0.350. The van der Waals surface area contributed by atoms with E-state index in [0.29, 0.717) is 30.3 Å². The molecule has 0 radical (unpaired) electrons. The van der Waals surface area contributed by atoms with E-state index in [9.17, 15) is 14.9 Å². The van der Waals surface area contributed by atoms with Crippen molar-refractivity contribution in [1.29, 1.82) is 0 Å². The summed E-state index contributed by atoms with van der Waals surface area (Å²) in [5.41, 5.74) is 2.06. The zero-order valence-electron chi connectivity index (χ0n) is 14.6. The molecule has 1 aliphatic rings. The minimum atomic E-state index is -0.472. The molecule has 1 saturated carbocycles. The van der Waals surface area contributed by atoms with E-state index < -0.39 is 4.92 Å². The van der Waals surface area contributed by atoms with E-state index in [1.165, 1.54) is 25.0 Å². The zero-order chi connectivity index (χ0) is 18.4. The molecule has 0 atom stereocenters. The van der Waals surface area contributed by atoms with Crippen LogP contribution in [-0.2, 0) is 6.42 Å². The maximum Gasteiger partial charge on any atom is 0.270 e. The van der Waals surface area contributed by atoms with E-state index in [2.05, 4.69) is 10.6 Å². The molecule has 3 rings (SSSR count).